The highest BCUT2D eigenvalue weighted by molar-refractivity contribution is 9.10. The molecule has 1 amide bonds. The molecule has 0 saturated heterocycles. The predicted octanol–water partition coefficient (Wildman–Crippen LogP) is 3.81. The van der Waals surface area contributed by atoms with Crippen LogP contribution in [0.1, 0.15) is 17.3 Å². The van der Waals surface area contributed by atoms with Crippen molar-refractivity contribution < 1.29 is 14.6 Å². The number of phenolic OH excluding ortho intramolecular Hbond substituents is 1. The molecule has 2 N–H and O–H groups in total. The van der Waals surface area contributed by atoms with Gasteiger partial charge >= 0.3 is 0 Å². The van der Waals surface area contributed by atoms with Gasteiger partial charge in [-0.15, -0.1) is 0 Å². The number of hydrogen-bond donors (Lipinski definition) is 2. The van der Waals surface area contributed by atoms with Gasteiger partial charge in [-0.2, -0.15) is 0 Å². The van der Waals surface area contributed by atoms with Crippen LogP contribution >= 0.6 is 15.9 Å². The number of benzene rings is 2. The molecule has 0 spiro atoms. The van der Waals surface area contributed by atoms with Crippen molar-refractivity contribution in [2.24, 2.45) is 0 Å². The molecule has 2 rings (SSSR count). The van der Waals surface area contributed by atoms with Crippen molar-refractivity contribution >= 4 is 27.5 Å². The third-order valence-corrected chi connectivity index (χ3v) is 3.08. The Morgan fingerprint density at radius 3 is 2.80 bits per heavy atom. The average Bonchev–Trinajstić information content (AvgIpc) is 2.41. The fraction of sp³-hybridized carbons (Fsp3) is 0.133. The van der Waals surface area contributed by atoms with Gasteiger partial charge in [-0.3, -0.25) is 4.79 Å². The lowest BCUT2D eigenvalue weighted by molar-refractivity contribution is 0.102. The summed E-state index contributed by atoms with van der Waals surface area (Å²) in [7, 11) is 0. The second kappa shape index (κ2) is 6.43. The highest BCUT2D eigenvalue weighted by atomic mass is 79.9. The van der Waals surface area contributed by atoms with Crippen molar-refractivity contribution in [2.75, 3.05) is 11.9 Å². The fourth-order valence-electron chi connectivity index (χ4n) is 1.74. The average molecular weight is 336 g/mol. The molecule has 2 aromatic rings. The van der Waals surface area contributed by atoms with Crippen molar-refractivity contribution in [3.63, 3.8) is 0 Å². The van der Waals surface area contributed by atoms with E-state index in [4.69, 9.17) is 4.74 Å². The first-order valence-electron chi connectivity index (χ1n) is 6.13. The molecule has 0 atom stereocenters. The molecule has 0 saturated carbocycles. The zero-order valence-electron chi connectivity index (χ0n) is 10.9. The van der Waals surface area contributed by atoms with Crippen LogP contribution < -0.4 is 10.1 Å². The molecule has 0 unspecified atom stereocenters. The number of rotatable bonds is 4. The fourth-order valence-corrected chi connectivity index (χ4v) is 2.10. The van der Waals surface area contributed by atoms with Crippen LogP contribution in [0.4, 0.5) is 5.69 Å². The maximum absolute atomic E-state index is 12.3. The Hall–Kier alpha value is -2.01. The first-order valence-corrected chi connectivity index (χ1v) is 6.92. The second-order valence-corrected chi connectivity index (χ2v) is 4.99. The van der Waals surface area contributed by atoms with Crippen molar-refractivity contribution in [3.05, 3.63) is 52.5 Å². The van der Waals surface area contributed by atoms with Crippen LogP contribution in [-0.2, 0) is 0 Å². The SMILES string of the molecule is CCOc1ccc(Br)cc1C(=O)Nc1cccc(O)c1. The summed E-state index contributed by atoms with van der Waals surface area (Å²) in [6, 6.07) is 11.6. The van der Waals surface area contributed by atoms with Crippen LogP contribution in [0.25, 0.3) is 0 Å². The highest BCUT2D eigenvalue weighted by Gasteiger charge is 2.13. The highest BCUT2D eigenvalue weighted by Crippen LogP contribution is 2.25. The Balaban J connectivity index is 2.26. The molecule has 0 aromatic heterocycles. The van der Waals surface area contributed by atoms with E-state index in [9.17, 15) is 9.90 Å². The lowest BCUT2D eigenvalue weighted by Crippen LogP contribution is -2.13. The van der Waals surface area contributed by atoms with Crippen LogP contribution in [0.2, 0.25) is 0 Å². The van der Waals surface area contributed by atoms with E-state index < -0.39 is 0 Å². The van der Waals surface area contributed by atoms with E-state index in [0.717, 1.165) is 4.47 Å². The van der Waals surface area contributed by atoms with Gasteiger partial charge in [0.2, 0.25) is 0 Å². The molecule has 0 aliphatic rings. The van der Waals surface area contributed by atoms with E-state index in [1.165, 1.54) is 6.07 Å². The number of ether oxygens (including phenoxy) is 1. The Kier molecular flexibility index (Phi) is 4.63. The molecule has 20 heavy (non-hydrogen) atoms. The summed E-state index contributed by atoms with van der Waals surface area (Å²) in [4.78, 5) is 12.3. The first kappa shape index (κ1) is 14.4. The van der Waals surface area contributed by atoms with Crippen LogP contribution in [0.3, 0.4) is 0 Å². The number of carbonyl (C=O) groups is 1. The number of halogens is 1. The third-order valence-electron chi connectivity index (χ3n) is 2.59. The third kappa shape index (κ3) is 3.51. The minimum Gasteiger partial charge on any atom is -0.508 e. The van der Waals surface area contributed by atoms with Gasteiger partial charge in [0.1, 0.15) is 11.5 Å². The second-order valence-electron chi connectivity index (χ2n) is 4.08. The predicted molar refractivity (Wildman–Crippen MR) is 81.4 cm³/mol. The first-order chi connectivity index (χ1) is 9.60. The van der Waals surface area contributed by atoms with Gasteiger partial charge in [-0.1, -0.05) is 22.0 Å². The lowest BCUT2D eigenvalue weighted by atomic mass is 10.2. The summed E-state index contributed by atoms with van der Waals surface area (Å²) in [5, 5.41) is 12.1. The topological polar surface area (TPSA) is 58.6 Å². The Morgan fingerprint density at radius 2 is 2.10 bits per heavy atom. The van der Waals surface area contributed by atoms with Crippen LogP contribution in [0, 0.1) is 0 Å². The quantitative estimate of drug-likeness (QED) is 0.893. The van der Waals surface area contributed by atoms with Crippen molar-refractivity contribution in [3.8, 4) is 11.5 Å². The Labute approximate surface area is 125 Å². The van der Waals surface area contributed by atoms with Crippen LogP contribution in [-0.4, -0.2) is 17.6 Å². The van der Waals surface area contributed by atoms with Crippen molar-refractivity contribution in [1.82, 2.24) is 0 Å². The molecule has 0 bridgehead atoms. The van der Waals surface area contributed by atoms with E-state index in [0.29, 0.717) is 23.6 Å². The van der Waals surface area contributed by atoms with Gasteiger partial charge in [0, 0.05) is 16.2 Å². The number of hydrogen-bond acceptors (Lipinski definition) is 3. The number of nitrogens with one attached hydrogen (secondary N) is 1. The smallest absolute Gasteiger partial charge is 0.259 e. The summed E-state index contributed by atoms with van der Waals surface area (Å²) < 4.78 is 6.24. The van der Waals surface area contributed by atoms with Gasteiger partial charge in [-0.25, -0.2) is 0 Å². The minimum absolute atomic E-state index is 0.0991. The molecule has 0 heterocycles. The maximum Gasteiger partial charge on any atom is 0.259 e. The normalized spacial score (nSPS) is 10.1. The summed E-state index contributed by atoms with van der Waals surface area (Å²) in [5.74, 6) is 0.329. The molecular weight excluding hydrogens is 322 g/mol. The van der Waals surface area contributed by atoms with Gasteiger partial charge in [0.25, 0.3) is 5.91 Å². The van der Waals surface area contributed by atoms with Gasteiger partial charge in [-0.05, 0) is 37.3 Å². The molecule has 104 valence electrons. The maximum atomic E-state index is 12.3. The Morgan fingerprint density at radius 1 is 1.30 bits per heavy atom. The molecule has 5 heteroatoms. The Bertz CT molecular complexity index is 628. The van der Waals surface area contributed by atoms with E-state index in [1.807, 2.05) is 13.0 Å². The van der Waals surface area contributed by atoms with Gasteiger partial charge < -0.3 is 15.2 Å². The lowest BCUT2D eigenvalue weighted by Gasteiger charge is -2.11. The number of carbonyl (C=O) groups excluding carboxylic acids is 1. The molecule has 0 aliphatic carbocycles. The van der Waals surface area contributed by atoms with E-state index in [1.54, 1.807) is 30.3 Å². The standard InChI is InChI=1S/C15H14BrNO3/c1-2-20-14-7-6-10(16)8-13(14)15(19)17-11-4-3-5-12(18)9-11/h3-9,18H,2H2,1H3,(H,17,19). The van der Waals surface area contributed by atoms with Gasteiger partial charge in [0.05, 0.1) is 12.2 Å². The molecule has 0 aliphatic heterocycles. The summed E-state index contributed by atoms with van der Waals surface area (Å²) in [5.41, 5.74) is 0.960. The van der Waals surface area contributed by atoms with E-state index in [2.05, 4.69) is 21.2 Å². The number of anilines is 1. The van der Waals surface area contributed by atoms with Crippen molar-refractivity contribution in [2.45, 2.75) is 6.92 Å². The summed E-state index contributed by atoms with van der Waals surface area (Å²) in [6.07, 6.45) is 0. The monoisotopic (exact) mass is 335 g/mol. The zero-order valence-corrected chi connectivity index (χ0v) is 12.5. The summed E-state index contributed by atoms with van der Waals surface area (Å²) in [6.45, 7) is 2.34. The zero-order chi connectivity index (χ0) is 14.5. The van der Waals surface area contributed by atoms with E-state index >= 15 is 0 Å². The molecule has 0 fully saturated rings. The van der Waals surface area contributed by atoms with Crippen molar-refractivity contribution in [1.29, 1.82) is 0 Å². The molecule has 0 radical (unpaired) electrons. The number of aromatic hydroxyl groups is 1. The number of phenols is 1. The molecule has 4 nitrogen and oxygen atoms in total. The largest absolute Gasteiger partial charge is 0.508 e. The minimum atomic E-state index is -0.291. The van der Waals surface area contributed by atoms with Crippen LogP contribution in [0.15, 0.2) is 46.9 Å². The summed E-state index contributed by atoms with van der Waals surface area (Å²) >= 11 is 3.34. The van der Waals surface area contributed by atoms with Crippen LogP contribution in [0.5, 0.6) is 11.5 Å². The molecular formula is C15H14BrNO3. The van der Waals surface area contributed by atoms with E-state index in [-0.39, 0.29) is 11.7 Å². The number of amides is 1. The van der Waals surface area contributed by atoms with Gasteiger partial charge in [0.15, 0.2) is 0 Å². The molecule has 2 aromatic carbocycles.